The van der Waals surface area contributed by atoms with Crippen LogP contribution in [0.15, 0.2) is 57.9 Å². The number of rotatable bonds is 11. The molecule has 38 heavy (non-hydrogen) atoms. The highest BCUT2D eigenvalue weighted by Crippen LogP contribution is 2.30. The van der Waals surface area contributed by atoms with Crippen molar-refractivity contribution in [3.8, 4) is 11.1 Å². The van der Waals surface area contributed by atoms with E-state index in [0.717, 1.165) is 12.0 Å². The predicted molar refractivity (Wildman–Crippen MR) is 147 cm³/mol. The zero-order valence-corrected chi connectivity index (χ0v) is 23.6. The molecule has 2 amide bonds. The van der Waals surface area contributed by atoms with Crippen LogP contribution in [0.5, 0.6) is 0 Å². The maximum Gasteiger partial charge on any atom is 0.264 e. The number of aromatic nitrogens is 1. The van der Waals surface area contributed by atoms with Crippen molar-refractivity contribution in [2.75, 3.05) is 11.8 Å². The van der Waals surface area contributed by atoms with Crippen LogP contribution in [0.4, 0.5) is 5.88 Å². The molecule has 2 atom stereocenters. The van der Waals surface area contributed by atoms with Gasteiger partial charge in [0.2, 0.25) is 17.7 Å². The van der Waals surface area contributed by atoms with Gasteiger partial charge in [-0.25, -0.2) is 13.1 Å². The van der Waals surface area contributed by atoms with Crippen molar-refractivity contribution in [3.05, 3.63) is 65.4 Å². The molecule has 0 bridgehead atoms. The summed E-state index contributed by atoms with van der Waals surface area (Å²) in [6.07, 6.45) is 1.10. The molecule has 0 aliphatic heterocycles. The molecule has 1 heterocycles. The molecular formula is C28H36N4O5S. The van der Waals surface area contributed by atoms with E-state index < -0.39 is 16.1 Å². The molecule has 3 rings (SSSR count). The fourth-order valence-corrected chi connectivity index (χ4v) is 5.44. The van der Waals surface area contributed by atoms with Crippen LogP contribution in [-0.2, 0) is 26.2 Å². The molecule has 3 aromatic rings. The topological polar surface area (TPSA) is 122 Å². The van der Waals surface area contributed by atoms with Crippen molar-refractivity contribution in [3.63, 3.8) is 0 Å². The van der Waals surface area contributed by atoms with Gasteiger partial charge in [0.1, 0.15) is 6.04 Å². The molecule has 0 fully saturated rings. The van der Waals surface area contributed by atoms with Crippen molar-refractivity contribution in [1.29, 1.82) is 0 Å². The number of nitrogens with zero attached hydrogens (tertiary/aromatic N) is 2. The van der Waals surface area contributed by atoms with E-state index in [-0.39, 0.29) is 35.1 Å². The second kappa shape index (κ2) is 12.3. The number of amides is 2. The van der Waals surface area contributed by atoms with E-state index in [1.807, 2.05) is 38.1 Å². The number of likely N-dealkylation sites (N-methyl/N-ethyl adjacent to an activating group) is 1. The largest absolute Gasteiger partial charge is 0.350 e. The number of benzene rings is 2. The van der Waals surface area contributed by atoms with E-state index in [0.29, 0.717) is 28.8 Å². The lowest BCUT2D eigenvalue weighted by Crippen LogP contribution is -2.50. The quantitative estimate of drug-likeness (QED) is 0.365. The smallest absolute Gasteiger partial charge is 0.264 e. The number of hydrogen-bond donors (Lipinski definition) is 2. The summed E-state index contributed by atoms with van der Waals surface area (Å²) in [6.45, 7) is 9.49. The molecule has 0 saturated carbocycles. The minimum absolute atomic E-state index is 0.00889. The molecule has 1 aromatic heterocycles. The third-order valence-electron chi connectivity index (χ3n) is 6.86. The Bertz CT molecular complexity index is 1380. The number of nitrogens with one attached hydrogen (secondary N) is 2. The monoisotopic (exact) mass is 540 g/mol. The highest BCUT2D eigenvalue weighted by Gasteiger charge is 2.30. The van der Waals surface area contributed by atoms with Gasteiger partial charge in [-0.15, -0.1) is 0 Å². The Labute approximate surface area is 224 Å². The van der Waals surface area contributed by atoms with Gasteiger partial charge in [0.25, 0.3) is 10.0 Å². The highest BCUT2D eigenvalue weighted by atomic mass is 32.2. The standard InChI is InChI=1S/C28H36N4O5S/c1-7-18(3)26(32(6)25(33)8-2)27(34)29-17-21-13-15-22(16-14-21)23-11-9-10-12-24(23)38(35,36)31-28-19(4)20(5)30-37-28/h9-16,18,26,31H,7-8,17H2,1-6H3,(H,29,34)/t18-,26-/m0/s1. The normalized spacial score (nSPS) is 13.0. The summed E-state index contributed by atoms with van der Waals surface area (Å²) in [5, 5.41) is 6.76. The third-order valence-corrected chi connectivity index (χ3v) is 8.25. The van der Waals surface area contributed by atoms with Gasteiger partial charge < -0.3 is 14.7 Å². The van der Waals surface area contributed by atoms with Gasteiger partial charge in [0.15, 0.2) is 0 Å². The van der Waals surface area contributed by atoms with Gasteiger partial charge in [0, 0.05) is 31.1 Å². The molecule has 2 aromatic carbocycles. The number of sulfonamides is 1. The summed E-state index contributed by atoms with van der Waals surface area (Å²) in [4.78, 5) is 26.9. The maximum atomic E-state index is 13.2. The van der Waals surface area contributed by atoms with Crippen molar-refractivity contribution in [2.24, 2.45) is 5.92 Å². The first-order valence-electron chi connectivity index (χ1n) is 12.7. The molecule has 0 spiro atoms. The van der Waals surface area contributed by atoms with E-state index in [2.05, 4.69) is 15.2 Å². The molecule has 0 saturated heterocycles. The fraction of sp³-hybridized carbons (Fsp3) is 0.393. The fourth-order valence-electron chi connectivity index (χ4n) is 4.17. The van der Waals surface area contributed by atoms with Crippen molar-refractivity contribution in [2.45, 2.75) is 64.9 Å². The summed E-state index contributed by atoms with van der Waals surface area (Å²) in [5.74, 6) is -0.181. The van der Waals surface area contributed by atoms with Gasteiger partial charge in [0.05, 0.1) is 10.6 Å². The SMILES string of the molecule is CCC(=O)N(C)[C@H](C(=O)NCc1ccc(-c2ccccc2S(=O)(=O)Nc2onc(C)c2C)cc1)[C@@H](C)CC. The van der Waals surface area contributed by atoms with E-state index in [9.17, 15) is 18.0 Å². The van der Waals surface area contributed by atoms with Gasteiger partial charge in [-0.1, -0.05) is 74.8 Å². The summed E-state index contributed by atoms with van der Waals surface area (Å²) in [5.41, 5.74) is 3.31. The van der Waals surface area contributed by atoms with Gasteiger partial charge >= 0.3 is 0 Å². The average Bonchev–Trinajstić information content (AvgIpc) is 3.23. The minimum atomic E-state index is -3.94. The van der Waals surface area contributed by atoms with Crippen LogP contribution in [-0.4, -0.2) is 43.4 Å². The molecule has 0 aliphatic rings. The first kappa shape index (κ1) is 28.9. The molecule has 204 valence electrons. The Morgan fingerprint density at radius 3 is 2.29 bits per heavy atom. The van der Waals surface area contributed by atoms with Crippen LogP contribution in [0.1, 0.15) is 50.4 Å². The predicted octanol–water partition coefficient (Wildman–Crippen LogP) is 4.66. The molecule has 2 N–H and O–H groups in total. The Hall–Kier alpha value is -3.66. The summed E-state index contributed by atoms with van der Waals surface area (Å²) < 4.78 is 34.0. The lowest BCUT2D eigenvalue weighted by molar-refractivity contribution is -0.140. The number of aryl methyl sites for hydroxylation is 1. The zero-order chi connectivity index (χ0) is 28.0. The summed E-state index contributed by atoms with van der Waals surface area (Å²) in [7, 11) is -2.27. The first-order valence-corrected chi connectivity index (χ1v) is 14.2. The van der Waals surface area contributed by atoms with Crippen LogP contribution in [0.3, 0.4) is 0 Å². The Balaban J connectivity index is 1.77. The lowest BCUT2D eigenvalue weighted by atomic mass is 9.96. The van der Waals surface area contributed by atoms with Crippen LogP contribution >= 0.6 is 0 Å². The minimum Gasteiger partial charge on any atom is -0.350 e. The van der Waals surface area contributed by atoms with Crippen LogP contribution in [0.25, 0.3) is 11.1 Å². The lowest BCUT2D eigenvalue weighted by Gasteiger charge is -2.31. The van der Waals surface area contributed by atoms with E-state index >= 15 is 0 Å². The van der Waals surface area contributed by atoms with Gasteiger partial charge in [-0.3, -0.25) is 9.59 Å². The van der Waals surface area contributed by atoms with Gasteiger partial charge in [-0.05, 0) is 37.0 Å². The van der Waals surface area contributed by atoms with Crippen LogP contribution in [0, 0.1) is 19.8 Å². The van der Waals surface area contributed by atoms with Crippen molar-refractivity contribution >= 4 is 27.7 Å². The van der Waals surface area contributed by atoms with E-state index in [1.165, 1.54) is 11.0 Å². The molecule has 0 aliphatic carbocycles. The highest BCUT2D eigenvalue weighted by molar-refractivity contribution is 7.92. The molecule has 0 radical (unpaired) electrons. The van der Waals surface area contributed by atoms with Crippen molar-refractivity contribution < 1.29 is 22.5 Å². The second-order valence-electron chi connectivity index (χ2n) is 9.43. The Morgan fingerprint density at radius 2 is 1.71 bits per heavy atom. The number of carbonyl (C=O) groups is 2. The molecule has 0 unspecified atom stereocenters. The number of hydrogen-bond acceptors (Lipinski definition) is 6. The molecular weight excluding hydrogens is 504 g/mol. The molecule has 10 heteroatoms. The second-order valence-corrected chi connectivity index (χ2v) is 11.1. The first-order chi connectivity index (χ1) is 18.0. The molecule has 9 nitrogen and oxygen atoms in total. The maximum absolute atomic E-state index is 13.2. The van der Waals surface area contributed by atoms with Crippen LogP contribution < -0.4 is 10.0 Å². The Morgan fingerprint density at radius 1 is 1.05 bits per heavy atom. The van der Waals surface area contributed by atoms with Crippen LogP contribution in [0.2, 0.25) is 0 Å². The Kier molecular flexibility index (Phi) is 9.32. The van der Waals surface area contributed by atoms with Crippen molar-refractivity contribution in [1.82, 2.24) is 15.4 Å². The number of carbonyl (C=O) groups excluding carboxylic acids is 2. The van der Waals surface area contributed by atoms with E-state index in [4.69, 9.17) is 4.52 Å². The van der Waals surface area contributed by atoms with E-state index in [1.54, 1.807) is 46.0 Å². The average molecular weight is 541 g/mol. The third kappa shape index (κ3) is 6.42. The van der Waals surface area contributed by atoms with Gasteiger partial charge in [-0.2, -0.15) is 0 Å². The summed E-state index contributed by atoms with van der Waals surface area (Å²) >= 11 is 0. The summed E-state index contributed by atoms with van der Waals surface area (Å²) in [6, 6.07) is 13.5. The number of anilines is 1. The zero-order valence-electron chi connectivity index (χ0n) is 22.7.